The molecule has 0 bridgehead atoms. The summed E-state index contributed by atoms with van der Waals surface area (Å²) in [7, 11) is 0. The second kappa shape index (κ2) is 11.7. The van der Waals surface area contributed by atoms with Crippen molar-refractivity contribution in [2.75, 3.05) is 31.1 Å². The summed E-state index contributed by atoms with van der Waals surface area (Å²) in [4.78, 5) is 17.3. The first kappa shape index (κ1) is 23.8. The van der Waals surface area contributed by atoms with Gasteiger partial charge in [-0.05, 0) is 39.3 Å². The fraction of sp³-hybridized carbons (Fsp3) is 0.550. The van der Waals surface area contributed by atoms with Crippen molar-refractivity contribution in [3.8, 4) is 0 Å². The van der Waals surface area contributed by atoms with E-state index in [9.17, 15) is 0 Å². The molecule has 3 rings (SSSR count). The molecule has 0 saturated carbocycles. The smallest absolute Gasteiger partial charge is 0.191 e. The molecule has 2 N–H and O–H groups in total. The fourth-order valence-electron chi connectivity index (χ4n) is 3.14. The first-order valence-electron chi connectivity index (χ1n) is 9.81. The van der Waals surface area contributed by atoms with Gasteiger partial charge in [0, 0.05) is 30.7 Å². The number of nitrogens with zero attached hydrogens (tertiary/aromatic N) is 4. The minimum absolute atomic E-state index is 0. The molecule has 1 saturated heterocycles. The van der Waals surface area contributed by atoms with Gasteiger partial charge in [-0.15, -0.1) is 35.3 Å². The van der Waals surface area contributed by atoms with E-state index < -0.39 is 0 Å². The van der Waals surface area contributed by atoms with Gasteiger partial charge in [-0.25, -0.2) is 15.0 Å². The first-order valence-corrected chi connectivity index (χ1v) is 10.6. The second-order valence-corrected chi connectivity index (χ2v) is 8.23. The van der Waals surface area contributed by atoms with Gasteiger partial charge in [0.15, 0.2) is 5.96 Å². The Labute approximate surface area is 194 Å². The third-order valence-electron chi connectivity index (χ3n) is 4.55. The van der Waals surface area contributed by atoms with Gasteiger partial charge in [-0.3, -0.25) is 0 Å². The molecule has 1 aliphatic rings. The normalized spacial score (nSPS) is 17.0. The number of anilines is 1. The number of nitrogens with one attached hydrogen (secondary N) is 2. The summed E-state index contributed by atoms with van der Waals surface area (Å²) in [5, 5.41) is 7.79. The number of hydrogen-bond acceptors (Lipinski definition) is 6. The van der Waals surface area contributed by atoms with Gasteiger partial charge in [0.1, 0.15) is 5.82 Å². The molecule has 29 heavy (non-hydrogen) atoms. The third-order valence-corrected chi connectivity index (χ3v) is 5.63. The summed E-state index contributed by atoms with van der Waals surface area (Å²) in [6.45, 7) is 12.9. The quantitative estimate of drug-likeness (QED) is 0.340. The average molecular weight is 530 g/mol. The van der Waals surface area contributed by atoms with Crippen LogP contribution < -0.4 is 15.5 Å². The van der Waals surface area contributed by atoms with E-state index in [1.165, 1.54) is 4.88 Å². The van der Waals surface area contributed by atoms with Crippen LogP contribution in [0, 0.1) is 13.8 Å². The number of aryl methyl sites for hydroxylation is 2. The zero-order chi connectivity index (χ0) is 19.9. The topological polar surface area (TPSA) is 74.7 Å². The van der Waals surface area contributed by atoms with Crippen LogP contribution in [0.15, 0.2) is 23.3 Å². The second-order valence-electron chi connectivity index (χ2n) is 6.94. The highest BCUT2D eigenvalue weighted by atomic mass is 127. The van der Waals surface area contributed by atoms with Crippen molar-refractivity contribution in [3.63, 3.8) is 0 Å². The maximum absolute atomic E-state index is 5.60. The number of ether oxygens (including phenoxy) is 1. The number of guanidine groups is 1. The van der Waals surface area contributed by atoms with Crippen LogP contribution in [0.1, 0.15) is 35.0 Å². The lowest BCUT2D eigenvalue weighted by Gasteiger charge is -2.32. The number of hydrogen-bond donors (Lipinski definition) is 2. The lowest BCUT2D eigenvalue weighted by molar-refractivity contribution is 0.0529. The van der Waals surface area contributed by atoms with Gasteiger partial charge in [0.25, 0.3) is 0 Å². The Balaban J connectivity index is 0.00000300. The molecular formula is C20H31IN6OS. The minimum Gasteiger partial charge on any atom is -0.375 e. The van der Waals surface area contributed by atoms with Crippen LogP contribution in [0.2, 0.25) is 0 Å². The number of morpholine rings is 1. The standard InChI is InChI=1S/C20H30N6OS.HI/c1-5-21-20(24-12-18-15(3)25-16(4)28-18)23-11-17-6-7-19(22-10-17)26-8-9-27-14(2)13-26;/h6-7,10,14H,5,8-9,11-13H2,1-4H3,(H2,21,23,24);1H. The molecule has 2 aromatic heterocycles. The Morgan fingerprint density at radius 1 is 1.34 bits per heavy atom. The number of aliphatic imine (C=N–C) groups is 1. The van der Waals surface area contributed by atoms with E-state index in [-0.39, 0.29) is 30.1 Å². The van der Waals surface area contributed by atoms with Crippen molar-refractivity contribution in [2.24, 2.45) is 4.99 Å². The highest BCUT2D eigenvalue weighted by molar-refractivity contribution is 14.0. The maximum Gasteiger partial charge on any atom is 0.191 e. The minimum atomic E-state index is 0. The van der Waals surface area contributed by atoms with Gasteiger partial charge in [-0.1, -0.05) is 6.07 Å². The van der Waals surface area contributed by atoms with E-state index in [0.717, 1.165) is 60.8 Å². The lowest BCUT2D eigenvalue weighted by Crippen LogP contribution is -2.41. The molecule has 1 unspecified atom stereocenters. The number of thiazole rings is 1. The SMILES string of the molecule is CCNC(=NCc1ccc(N2CCOC(C)C2)nc1)NCc1sc(C)nc1C.I. The van der Waals surface area contributed by atoms with Crippen LogP contribution in [0.3, 0.4) is 0 Å². The molecule has 1 aliphatic heterocycles. The lowest BCUT2D eigenvalue weighted by atomic mass is 10.2. The molecule has 0 radical (unpaired) electrons. The molecule has 0 aromatic carbocycles. The van der Waals surface area contributed by atoms with Crippen molar-refractivity contribution in [3.05, 3.63) is 39.5 Å². The zero-order valence-electron chi connectivity index (χ0n) is 17.6. The molecule has 0 aliphatic carbocycles. The van der Waals surface area contributed by atoms with Crippen LogP contribution in [-0.2, 0) is 17.8 Å². The summed E-state index contributed by atoms with van der Waals surface area (Å²) in [5.74, 6) is 1.81. The van der Waals surface area contributed by atoms with Crippen LogP contribution in [0.4, 0.5) is 5.82 Å². The van der Waals surface area contributed by atoms with Gasteiger partial charge >= 0.3 is 0 Å². The maximum atomic E-state index is 5.60. The van der Waals surface area contributed by atoms with E-state index in [2.05, 4.69) is 51.5 Å². The van der Waals surface area contributed by atoms with Crippen LogP contribution >= 0.6 is 35.3 Å². The largest absolute Gasteiger partial charge is 0.375 e. The Hall–Kier alpha value is -1.46. The summed E-state index contributed by atoms with van der Waals surface area (Å²) in [6, 6.07) is 4.18. The highest BCUT2D eigenvalue weighted by Gasteiger charge is 2.17. The van der Waals surface area contributed by atoms with E-state index in [1.54, 1.807) is 11.3 Å². The Bertz CT molecular complexity index is 795. The first-order chi connectivity index (χ1) is 13.5. The van der Waals surface area contributed by atoms with Gasteiger partial charge in [0.05, 0.1) is 36.5 Å². The number of pyridine rings is 1. The predicted molar refractivity (Wildman–Crippen MR) is 131 cm³/mol. The molecule has 1 fully saturated rings. The molecule has 3 heterocycles. The summed E-state index contributed by atoms with van der Waals surface area (Å²) in [6.07, 6.45) is 2.17. The molecule has 2 aromatic rings. The Morgan fingerprint density at radius 2 is 2.17 bits per heavy atom. The predicted octanol–water partition coefficient (Wildman–Crippen LogP) is 3.25. The van der Waals surface area contributed by atoms with E-state index in [4.69, 9.17) is 9.73 Å². The fourth-order valence-corrected chi connectivity index (χ4v) is 4.01. The van der Waals surface area contributed by atoms with Crippen molar-refractivity contribution in [1.29, 1.82) is 0 Å². The molecule has 0 spiro atoms. The van der Waals surface area contributed by atoms with Crippen LogP contribution in [0.5, 0.6) is 0 Å². The van der Waals surface area contributed by atoms with Gasteiger partial charge in [-0.2, -0.15) is 0 Å². The van der Waals surface area contributed by atoms with Gasteiger partial charge < -0.3 is 20.3 Å². The average Bonchev–Trinajstić information content (AvgIpc) is 3.01. The summed E-state index contributed by atoms with van der Waals surface area (Å²) in [5.41, 5.74) is 2.18. The van der Waals surface area contributed by atoms with Crippen molar-refractivity contribution in [2.45, 2.75) is 46.9 Å². The number of rotatable bonds is 6. The highest BCUT2D eigenvalue weighted by Crippen LogP contribution is 2.17. The van der Waals surface area contributed by atoms with Crippen LogP contribution in [0.25, 0.3) is 0 Å². The number of aromatic nitrogens is 2. The summed E-state index contributed by atoms with van der Waals surface area (Å²) < 4.78 is 5.60. The molecule has 9 heteroatoms. The molecule has 7 nitrogen and oxygen atoms in total. The Morgan fingerprint density at radius 3 is 2.79 bits per heavy atom. The van der Waals surface area contributed by atoms with E-state index in [1.807, 2.05) is 20.0 Å². The monoisotopic (exact) mass is 530 g/mol. The van der Waals surface area contributed by atoms with Crippen LogP contribution in [-0.4, -0.2) is 48.3 Å². The van der Waals surface area contributed by atoms with Crippen molar-refractivity contribution in [1.82, 2.24) is 20.6 Å². The van der Waals surface area contributed by atoms with Crippen molar-refractivity contribution < 1.29 is 4.74 Å². The molecule has 160 valence electrons. The van der Waals surface area contributed by atoms with E-state index >= 15 is 0 Å². The van der Waals surface area contributed by atoms with Gasteiger partial charge in [0.2, 0.25) is 0 Å². The zero-order valence-corrected chi connectivity index (χ0v) is 20.7. The Kier molecular flexibility index (Phi) is 9.57. The van der Waals surface area contributed by atoms with Crippen molar-refractivity contribution >= 4 is 47.1 Å². The summed E-state index contributed by atoms with van der Waals surface area (Å²) >= 11 is 1.72. The third kappa shape index (κ3) is 7.07. The molecular weight excluding hydrogens is 499 g/mol. The van der Waals surface area contributed by atoms with E-state index in [0.29, 0.717) is 6.54 Å². The number of halogens is 1. The molecule has 1 atom stereocenters. The molecule has 0 amide bonds.